The number of rotatable bonds is 5. The molecule has 4 rings (SSSR count). The summed E-state index contributed by atoms with van der Waals surface area (Å²) in [7, 11) is 4.03. The van der Waals surface area contributed by atoms with Crippen molar-refractivity contribution in [2.24, 2.45) is 7.05 Å². The lowest BCUT2D eigenvalue weighted by Crippen LogP contribution is -2.20. The summed E-state index contributed by atoms with van der Waals surface area (Å²) in [4.78, 5) is 15.8. The molecule has 0 aliphatic heterocycles. The minimum absolute atomic E-state index is 0.638. The van der Waals surface area contributed by atoms with Crippen LogP contribution in [0.3, 0.4) is 0 Å². The predicted octanol–water partition coefficient (Wildman–Crippen LogP) is 1.63. The molecule has 3 aromatic heterocycles. The monoisotopic (exact) mass is 338 g/mol. The molecule has 130 valence electrons. The van der Waals surface area contributed by atoms with E-state index >= 15 is 0 Å². The third kappa shape index (κ3) is 3.17. The van der Waals surface area contributed by atoms with Crippen LogP contribution in [0, 0.1) is 13.8 Å². The van der Waals surface area contributed by atoms with Gasteiger partial charge in [-0.05, 0) is 45.9 Å². The van der Waals surface area contributed by atoms with Crippen LogP contribution in [0.15, 0.2) is 6.20 Å². The molecule has 1 saturated carbocycles. The zero-order valence-electron chi connectivity index (χ0n) is 15.0. The van der Waals surface area contributed by atoms with E-state index in [-0.39, 0.29) is 0 Å². The molecule has 0 spiro atoms. The second kappa shape index (κ2) is 6.03. The van der Waals surface area contributed by atoms with Gasteiger partial charge < -0.3 is 0 Å². The highest BCUT2D eigenvalue weighted by molar-refractivity contribution is 5.64. The van der Waals surface area contributed by atoms with Crippen molar-refractivity contribution in [3.05, 3.63) is 35.1 Å². The van der Waals surface area contributed by atoms with E-state index in [0.29, 0.717) is 11.9 Å². The fraction of sp³-hybridized carbons (Fsp3) is 0.471. The maximum atomic E-state index is 4.61. The summed E-state index contributed by atoms with van der Waals surface area (Å²) in [5.74, 6) is 2.28. The van der Waals surface area contributed by atoms with Gasteiger partial charge in [0.15, 0.2) is 23.1 Å². The molecule has 8 heteroatoms. The van der Waals surface area contributed by atoms with Crippen LogP contribution >= 0.6 is 0 Å². The van der Waals surface area contributed by atoms with Crippen molar-refractivity contribution in [1.82, 2.24) is 39.2 Å². The molecule has 0 aromatic carbocycles. The maximum absolute atomic E-state index is 4.61. The van der Waals surface area contributed by atoms with Gasteiger partial charge in [0.25, 0.3) is 0 Å². The van der Waals surface area contributed by atoms with Gasteiger partial charge in [-0.25, -0.2) is 19.2 Å². The van der Waals surface area contributed by atoms with E-state index in [1.54, 1.807) is 10.9 Å². The van der Waals surface area contributed by atoms with Crippen LogP contribution in [-0.4, -0.2) is 52.3 Å². The fourth-order valence-electron chi connectivity index (χ4n) is 2.86. The van der Waals surface area contributed by atoms with Gasteiger partial charge in [-0.15, -0.1) is 5.10 Å². The van der Waals surface area contributed by atoms with E-state index in [1.165, 1.54) is 12.8 Å². The molecule has 1 aliphatic carbocycles. The second-order valence-corrected chi connectivity index (χ2v) is 6.68. The summed E-state index contributed by atoms with van der Waals surface area (Å²) in [5, 5.41) is 9.02. The molecule has 0 saturated heterocycles. The standard InChI is InChI=1S/C17H22N8/c1-11-9-18-12(2)17-20-14(22-25(11)17)7-8-16-19-15(21-24(16)4)10-23(3)13-5-6-13/h7-9,13H,5-6,10H2,1-4H3/b8-7+. The van der Waals surface area contributed by atoms with E-state index < -0.39 is 0 Å². The zero-order chi connectivity index (χ0) is 17.6. The molecule has 0 atom stereocenters. The summed E-state index contributed by atoms with van der Waals surface area (Å²) in [5.41, 5.74) is 2.60. The van der Waals surface area contributed by atoms with Crippen LogP contribution in [0.25, 0.3) is 17.8 Å². The smallest absolute Gasteiger partial charge is 0.177 e. The summed E-state index contributed by atoms with van der Waals surface area (Å²) >= 11 is 0. The Labute approximate surface area is 146 Å². The Morgan fingerprint density at radius 3 is 2.72 bits per heavy atom. The van der Waals surface area contributed by atoms with E-state index in [0.717, 1.165) is 35.2 Å². The second-order valence-electron chi connectivity index (χ2n) is 6.68. The number of hydrogen-bond acceptors (Lipinski definition) is 6. The predicted molar refractivity (Wildman–Crippen MR) is 94.7 cm³/mol. The minimum atomic E-state index is 0.638. The number of hydrogen-bond donors (Lipinski definition) is 0. The molecule has 25 heavy (non-hydrogen) atoms. The molecular formula is C17H22N8. The molecule has 3 heterocycles. The van der Waals surface area contributed by atoms with Crippen molar-refractivity contribution in [1.29, 1.82) is 0 Å². The topological polar surface area (TPSA) is 77.0 Å². The van der Waals surface area contributed by atoms with E-state index in [1.807, 2.05) is 37.6 Å². The van der Waals surface area contributed by atoms with Crippen LogP contribution in [0.5, 0.6) is 0 Å². The molecule has 1 fully saturated rings. The first-order valence-corrected chi connectivity index (χ1v) is 8.48. The van der Waals surface area contributed by atoms with Crippen molar-refractivity contribution in [3.63, 3.8) is 0 Å². The minimum Gasteiger partial charge on any atom is -0.296 e. The number of aryl methyl sites for hydroxylation is 3. The van der Waals surface area contributed by atoms with E-state index in [4.69, 9.17) is 0 Å². The highest BCUT2D eigenvalue weighted by Crippen LogP contribution is 2.26. The van der Waals surface area contributed by atoms with Gasteiger partial charge in [-0.3, -0.25) is 9.88 Å². The molecule has 0 amide bonds. The first-order valence-electron chi connectivity index (χ1n) is 8.48. The Balaban J connectivity index is 1.56. The van der Waals surface area contributed by atoms with Crippen molar-refractivity contribution >= 4 is 17.8 Å². The van der Waals surface area contributed by atoms with Crippen molar-refractivity contribution in [2.45, 2.75) is 39.3 Å². The van der Waals surface area contributed by atoms with Gasteiger partial charge in [-0.1, -0.05) is 0 Å². The maximum Gasteiger partial charge on any atom is 0.177 e. The lowest BCUT2D eigenvalue weighted by molar-refractivity contribution is 0.307. The van der Waals surface area contributed by atoms with Gasteiger partial charge in [0.1, 0.15) is 0 Å². The van der Waals surface area contributed by atoms with Gasteiger partial charge in [0.05, 0.1) is 17.9 Å². The Kier molecular flexibility index (Phi) is 3.84. The first-order chi connectivity index (χ1) is 12.0. The lowest BCUT2D eigenvalue weighted by Gasteiger charge is -2.12. The summed E-state index contributed by atoms with van der Waals surface area (Å²) in [6, 6.07) is 0.699. The quantitative estimate of drug-likeness (QED) is 0.704. The molecule has 3 aromatic rings. The molecule has 0 N–H and O–H groups in total. The molecule has 8 nitrogen and oxygen atoms in total. The molecule has 1 aliphatic rings. The summed E-state index contributed by atoms with van der Waals surface area (Å²) in [6.45, 7) is 4.68. The van der Waals surface area contributed by atoms with Crippen LogP contribution in [-0.2, 0) is 13.6 Å². The van der Waals surface area contributed by atoms with E-state index in [9.17, 15) is 0 Å². The number of fused-ring (bicyclic) bond motifs is 1. The van der Waals surface area contributed by atoms with E-state index in [2.05, 4.69) is 37.1 Å². The third-order valence-electron chi connectivity index (χ3n) is 4.51. The third-order valence-corrected chi connectivity index (χ3v) is 4.51. The number of nitrogens with zero attached hydrogens (tertiary/aromatic N) is 8. The average molecular weight is 338 g/mol. The van der Waals surface area contributed by atoms with Crippen molar-refractivity contribution in [3.8, 4) is 0 Å². The van der Waals surface area contributed by atoms with Crippen molar-refractivity contribution < 1.29 is 0 Å². The van der Waals surface area contributed by atoms with Gasteiger partial charge in [0, 0.05) is 19.3 Å². The van der Waals surface area contributed by atoms with Gasteiger partial charge >= 0.3 is 0 Å². The Morgan fingerprint density at radius 2 is 2.00 bits per heavy atom. The molecule has 0 bridgehead atoms. The molecular weight excluding hydrogens is 316 g/mol. The summed E-state index contributed by atoms with van der Waals surface area (Å²) < 4.78 is 3.61. The SMILES string of the molecule is Cc1ncc(C)n2nc(/C=C/c3nc(CN(C)C4CC4)nn3C)nc12. The van der Waals surface area contributed by atoms with Gasteiger partial charge in [0.2, 0.25) is 0 Å². The van der Waals surface area contributed by atoms with Crippen LogP contribution in [0.1, 0.15) is 41.7 Å². The first kappa shape index (κ1) is 15.9. The fourth-order valence-corrected chi connectivity index (χ4v) is 2.86. The Bertz CT molecular complexity index is 908. The molecule has 0 radical (unpaired) electrons. The Morgan fingerprint density at radius 1 is 1.20 bits per heavy atom. The largest absolute Gasteiger partial charge is 0.296 e. The van der Waals surface area contributed by atoms with Crippen LogP contribution < -0.4 is 0 Å². The Hall–Kier alpha value is -2.61. The number of aromatic nitrogens is 7. The van der Waals surface area contributed by atoms with Crippen LogP contribution in [0.2, 0.25) is 0 Å². The highest BCUT2D eigenvalue weighted by Gasteiger charge is 2.26. The normalized spacial score (nSPS) is 15.1. The summed E-state index contributed by atoms with van der Waals surface area (Å²) in [6.07, 6.45) is 8.13. The molecule has 0 unspecified atom stereocenters. The lowest BCUT2D eigenvalue weighted by atomic mass is 10.4. The zero-order valence-corrected chi connectivity index (χ0v) is 15.0. The average Bonchev–Trinajstić information content (AvgIpc) is 3.25. The van der Waals surface area contributed by atoms with Gasteiger partial charge in [-0.2, -0.15) is 5.10 Å². The highest BCUT2D eigenvalue weighted by atomic mass is 15.3. The van der Waals surface area contributed by atoms with Crippen LogP contribution in [0.4, 0.5) is 0 Å². The van der Waals surface area contributed by atoms with Crippen molar-refractivity contribution in [2.75, 3.05) is 7.05 Å².